The number of benzene rings is 1. The fraction of sp³-hybridized carbons (Fsp3) is 0.611. The third kappa shape index (κ3) is 4.57. The van der Waals surface area contributed by atoms with Gasteiger partial charge in [-0.05, 0) is 36.7 Å². The van der Waals surface area contributed by atoms with Crippen molar-refractivity contribution in [1.82, 2.24) is 4.90 Å². The molecule has 2 N–H and O–H groups in total. The second-order valence-corrected chi connectivity index (χ2v) is 6.54. The summed E-state index contributed by atoms with van der Waals surface area (Å²) in [4.78, 5) is 14.5. The number of carbonyl (C=O) groups excluding carboxylic acids is 1. The molecule has 1 aromatic rings. The van der Waals surface area contributed by atoms with E-state index in [9.17, 15) is 4.79 Å². The van der Waals surface area contributed by atoms with Crippen molar-refractivity contribution in [3.63, 3.8) is 0 Å². The van der Waals surface area contributed by atoms with Crippen LogP contribution < -0.4 is 5.73 Å². The summed E-state index contributed by atoms with van der Waals surface area (Å²) in [7, 11) is 0. The number of nitrogens with zero attached hydrogens (tertiary/aromatic N) is 1. The van der Waals surface area contributed by atoms with E-state index in [0.717, 1.165) is 37.4 Å². The third-order valence-electron chi connectivity index (χ3n) is 4.69. The van der Waals surface area contributed by atoms with Gasteiger partial charge in [-0.3, -0.25) is 4.79 Å². The molecule has 0 aliphatic carbocycles. The Morgan fingerprint density at radius 1 is 1.24 bits per heavy atom. The number of nitrogens with two attached hydrogens (primary N) is 1. The Balaban J connectivity index is 1.88. The quantitative estimate of drug-likeness (QED) is 0.923. The Bertz CT molecular complexity index is 444. The highest BCUT2D eigenvalue weighted by Crippen LogP contribution is 2.25. The lowest BCUT2D eigenvalue weighted by atomic mass is 9.89. The maximum Gasteiger partial charge on any atom is 0.224 e. The van der Waals surface area contributed by atoms with E-state index in [-0.39, 0.29) is 11.9 Å². The molecule has 3 heteroatoms. The van der Waals surface area contributed by atoms with Crippen LogP contribution >= 0.6 is 0 Å². The van der Waals surface area contributed by atoms with E-state index in [1.165, 1.54) is 6.42 Å². The molecule has 2 unspecified atom stereocenters. The highest BCUT2D eigenvalue weighted by atomic mass is 16.2. The fourth-order valence-corrected chi connectivity index (χ4v) is 3.17. The fourth-order valence-electron chi connectivity index (χ4n) is 3.17. The average Bonchev–Trinajstić information content (AvgIpc) is 2.74. The normalized spacial score (nSPS) is 21.1. The lowest BCUT2D eigenvalue weighted by Crippen LogP contribution is -2.34. The maximum atomic E-state index is 12.5. The van der Waals surface area contributed by atoms with Gasteiger partial charge < -0.3 is 10.6 Å². The zero-order valence-electron chi connectivity index (χ0n) is 13.3. The van der Waals surface area contributed by atoms with Gasteiger partial charge in [0.2, 0.25) is 5.91 Å². The van der Waals surface area contributed by atoms with E-state index in [2.05, 4.69) is 13.8 Å². The van der Waals surface area contributed by atoms with Crippen LogP contribution in [0.1, 0.15) is 51.1 Å². The summed E-state index contributed by atoms with van der Waals surface area (Å²) in [5.41, 5.74) is 7.21. The van der Waals surface area contributed by atoms with Gasteiger partial charge in [-0.2, -0.15) is 0 Å². The molecule has 0 aromatic heterocycles. The predicted octanol–water partition coefficient (Wildman–Crippen LogP) is 3.36. The average molecular weight is 288 g/mol. The summed E-state index contributed by atoms with van der Waals surface area (Å²) < 4.78 is 0. The largest absolute Gasteiger partial charge is 0.343 e. The van der Waals surface area contributed by atoms with Crippen LogP contribution in [0.25, 0.3) is 0 Å². The SMILES string of the molecule is CC(C)C1CCCN(C(=O)CC(N)c2ccccc2)CC1. The van der Waals surface area contributed by atoms with Crippen LogP contribution in [0.15, 0.2) is 30.3 Å². The van der Waals surface area contributed by atoms with Crippen molar-refractivity contribution in [3.05, 3.63) is 35.9 Å². The molecule has 21 heavy (non-hydrogen) atoms. The maximum absolute atomic E-state index is 12.5. The van der Waals surface area contributed by atoms with Crippen molar-refractivity contribution >= 4 is 5.91 Å². The van der Waals surface area contributed by atoms with Crippen molar-refractivity contribution in [2.75, 3.05) is 13.1 Å². The molecule has 0 saturated carbocycles. The first kappa shape index (κ1) is 16.0. The highest BCUT2D eigenvalue weighted by molar-refractivity contribution is 5.77. The van der Waals surface area contributed by atoms with E-state index in [0.29, 0.717) is 12.3 Å². The van der Waals surface area contributed by atoms with Crippen molar-refractivity contribution in [3.8, 4) is 0 Å². The minimum absolute atomic E-state index is 0.192. The molecular weight excluding hydrogens is 260 g/mol. The van der Waals surface area contributed by atoms with E-state index in [4.69, 9.17) is 5.73 Å². The van der Waals surface area contributed by atoms with Crippen molar-refractivity contribution < 1.29 is 4.79 Å². The number of hydrogen-bond acceptors (Lipinski definition) is 2. The lowest BCUT2D eigenvalue weighted by Gasteiger charge is -2.23. The minimum atomic E-state index is -0.192. The molecule has 2 rings (SSSR count). The number of hydrogen-bond donors (Lipinski definition) is 1. The first-order valence-corrected chi connectivity index (χ1v) is 8.16. The van der Waals surface area contributed by atoms with Crippen LogP contribution in [0, 0.1) is 11.8 Å². The monoisotopic (exact) mass is 288 g/mol. The Morgan fingerprint density at radius 2 is 1.95 bits per heavy atom. The molecule has 1 aliphatic heterocycles. The summed E-state index contributed by atoms with van der Waals surface area (Å²) in [6.45, 7) is 6.35. The molecule has 1 aromatic carbocycles. The molecule has 1 aliphatic rings. The first-order valence-electron chi connectivity index (χ1n) is 8.16. The Kier molecular flexibility index (Phi) is 5.80. The molecule has 1 fully saturated rings. The summed E-state index contributed by atoms with van der Waals surface area (Å²) in [6, 6.07) is 9.71. The van der Waals surface area contributed by atoms with Crippen LogP contribution in [0.4, 0.5) is 0 Å². The van der Waals surface area contributed by atoms with E-state index < -0.39 is 0 Å². The number of likely N-dealkylation sites (tertiary alicyclic amines) is 1. The van der Waals surface area contributed by atoms with Gasteiger partial charge in [0, 0.05) is 25.6 Å². The van der Waals surface area contributed by atoms with Gasteiger partial charge in [-0.25, -0.2) is 0 Å². The smallest absolute Gasteiger partial charge is 0.224 e. The van der Waals surface area contributed by atoms with Crippen molar-refractivity contribution in [2.45, 2.75) is 45.6 Å². The molecule has 1 heterocycles. The van der Waals surface area contributed by atoms with Crippen LogP contribution in [-0.4, -0.2) is 23.9 Å². The number of rotatable bonds is 4. The first-order chi connectivity index (χ1) is 10.1. The van der Waals surface area contributed by atoms with Gasteiger partial charge >= 0.3 is 0 Å². The molecular formula is C18H28N2O. The lowest BCUT2D eigenvalue weighted by molar-refractivity contribution is -0.131. The molecule has 2 atom stereocenters. The van der Waals surface area contributed by atoms with Gasteiger partial charge in [0.25, 0.3) is 0 Å². The second-order valence-electron chi connectivity index (χ2n) is 6.54. The van der Waals surface area contributed by atoms with Gasteiger partial charge in [0.1, 0.15) is 0 Å². The Hall–Kier alpha value is -1.35. The third-order valence-corrected chi connectivity index (χ3v) is 4.69. The molecule has 1 amide bonds. The Morgan fingerprint density at radius 3 is 2.62 bits per heavy atom. The summed E-state index contributed by atoms with van der Waals surface area (Å²) in [5, 5.41) is 0. The van der Waals surface area contributed by atoms with Crippen LogP contribution in [-0.2, 0) is 4.79 Å². The topological polar surface area (TPSA) is 46.3 Å². The molecule has 3 nitrogen and oxygen atoms in total. The van der Waals surface area contributed by atoms with E-state index in [1.54, 1.807) is 0 Å². The number of amides is 1. The summed E-state index contributed by atoms with van der Waals surface area (Å²) in [6.07, 6.45) is 3.90. The van der Waals surface area contributed by atoms with Gasteiger partial charge in [0.05, 0.1) is 0 Å². The van der Waals surface area contributed by atoms with E-state index >= 15 is 0 Å². The number of carbonyl (C=O) groups is 1. The summed E-state index contributed by atoms with van der Waals surface area (Å²) in [5.74, 6) is 1.67. The van der Waals surface area contributed by atoms with Crippen LogP contribution in [0.5, 0.6) is 0 Å². The standard InChI is InChI=1S/C18H28N2O/c1-14(2)15-9-6-11-20(12-10-15)18(21)13-17(19)16-7-4-3-5-8-16/h3-5,7-8,14-15,17H,6,9-13,19H2,1-2H3. The molecule has 0 spiro atoms. The zero-order chi connectivity index (χ0) is 15.2. The van der Waals surface area contributed by atoms with Gasteiger partial charge in [-0.15, -0.1) is 0 Å². The highest BCUT2D eigenvalue weighted by Gasteiger charge is 2.23. The van der Waals surface area contributed by atoms with Crippen molar-refractivity contribution in [1.29, 1.82) is 0 Å². The second kappa shape index (κ2) is 7.60. The molecule has 116 valence electrons. The van der Waals surface area contributed by atoms with Crippen molar-refractivity contribution in [2.24, 2.45) is 17.6 Å². The zero-order valence-corrected chi connectivity index (χ0v) is 13.3. The summed E-state index contributed by atoms with van der Waals surface area (Å²) >= 11 is 0. The molecule has 0 bridgehead atoms. The van der Waals surface area contributed by atoms with Crippen LogP contribution in [0.2, 0.25) is 0 Å². The molecule has 0 radical (unpaired) electrons. The predicted molar refractivity (Wildman–Crippen MR) is 86.7 cm³/mol. The van der Waals surface area contributed by atoms with Gasteiger partial charge in [0.15, 0.2) is 0 Å². The van der Waals surface area contributed by atoms with Gasteiger partial charge in [-0.1, -0.05) is 44.2 Å². The molecule has 1 saturated heterocycles. The Labute approximate surface area is 128 Å². The minimum Gasteiger partial charge on any atom is -0.343 e. The van der Waals surface area contributed by atoms with Crippen LogP contribution in [0.3, 0.4) is 0 Å². The van der Waals surface area contributed by atoms with E-state index in [1.807, 2.05) is 35.2 Å².